The van der Waals surface area contributed by atoms with E-state index in [1.165, 1.54) is 0 Å². The highest BCUT2D eigenvalue weighted by Crippen LogP contribution is 2.23. The molecule has 2 nitrogen and oxygen atoms in total. The number of aliphatic hydroxyl groups is 1. The van der Waals surface area contributed by atoms with Crippen LogP contribution in [0.2, 0.25) is 0 Å². The van der Waals surface area contributed by atoms with E-state index in [2.05, 4.69) is 0 Å². The molecule has 84 valence electrons. The Bertz CT molecular complexity index is 319. The summed E-state index contributed by atoms with van der Waals surface area (Å²) in [6.07, 6.45) is 0.731. The fraction of sp³-hybridized carbons (Fsp3) is 0.455. The highest BCUT2D eigenvalue weighted by Gasteiger charge is 2.07. The first-order valence-electron chi connectivity index (χ1n) is 4.90. The largest absolute Gasteiger partial charge is 0.396 e. The van der Waals surface area contributed by atoms with Gasteiger partial charge in [0.05, 0.1) is 5.69 Å². The van der Waals surface area contributed by atoms with Crippen LogP contribution >= 0.6 is 11.8 Å². The number of nitrogens with two attached hydrogens (primary N) is 1. The van der Waals surface area contributed by atoms with Crippen molar-refractivity contribution in [3.8, 4) is 0 Å². The van der Waals surface area contributed by atoms with E-state index in [0.717, 1.165) is 6.42 Å². The summed E-state index contributed by atoms with van der Waals surface area (Å²) in [6, 6.07) is 5.05. The summed E-state index contributed by atoms with van der Waals surface area (Å²) in [5.74, 6) is 0.277. The molecule has 1 atom stereocenters. The minimum Gasteiger partial charge on any atom is -0.396 e. The van der Waals surface area contributed by atoms with Gasteiger partial charge in [-0.1, -0.05) is 19.1 Å². The third-order valence-electron chi connectivity index (χ3n) is 2.17. The molecule has 0 aliphatic heterocycles. The van der Waals surface area contributed by atoms with Gasteiger partial charge in [0.25, 0.3) is 0 Å². The number of benzene rings is 1. The summed E-state index contributed by atoms with van der Waals surface area (Å²) in [5, 5.41) is 9.05. The maximum atomic E-state index is 13.5. The van der Waals surface area contributed by atoms with Gasteiger partial charge < -0.3 is 10.8 Å². The summed E-state index contributed by atoms with van der Waals surface area (Å²) >= 11 is 1.62. The summed E-state index contributed by atoms with van der Waals surface area (Å²) in [7, 11) is 0. The normalized spacial score (nSPS) is 12.7. The van der Waals surface area contributed by atoms with E-state index in [4.69, 9.17) is 10.8 Å². The molecule has 0 saturated carbocycles. The second kappa shape index (κ2) is 5.98. The molecule has 0 fully saturated rings. The van der Waals surface area contributed by atoms with Crippen molar-refractivity contribution >= 4 is 17.4 Å². The zero-order valence-corrected chi connectivity index (χ0v) is 9.56. The van der Waals surface area contributed by atoms with Crippen molar-refractivity contribution in [1.29, 1.82) is 0 Å². The predicted molar refractivity (Wildman–Crippen MR) is 63.3 cm³/mol. The number of hydrogen-bond donors (Lipinski definition) is 2. The third-order valence-corrected chi connectivity index (χ3v) is 3.45. The molecular formula is C11H16FNOS. The standard InChI is InChI=1S/C11H16FNOS/c1-8(5-6-14)15-7-9-3-2-4-10(13)11(9)12/h2-4,8,14H,5-7,13H2,1H3. The molecule has 15 heavy (non-hydrogen) atoms. The molecule has 0 heterocycles. The maximum absolute atomic E-state index is 13.5. The van der Waals surface area contributed by atoms with Crippen molar-refractivity contribution < 1.29 is 9.50 Å². The van der Waals surface area contributed by atoms with Gasteiger partial charge in [-0.3, -0.25) is 0 Å². The van der Waals surface area contributed by atoms with Crippen molar-refractivity contribution in [2.24, 2.45) is 0 Å². The lowest BCUT2D eigenvalue weighted by Crippen LogP contribution is -2.01. The van der Waals surface area contributed by atoms with Crippen LogP contribution in [0.3, 0.4) is 0 Å². The van der Waals surface area contributed by atoms with Gasteiger partial charge in [-0.15, -0.1) is 0 Å². The molecule has 1 unspecified atom stereocenters. The number of rotatable bonds is 5. The molecule has 1 aromatic rings. The minimum absolute atomic E-state index is 0.174. The van der Waals surface area contributed by atoms with Crippen LogP contribution in [0.4, 0.5) is 10.1 Å². The van der Waals surface area contributed by atoms with Crippen molar-refractivity contribution in [1.82, 2.24) is 0 Å². The van der Waals surface area contributed by atoms with Gasteiger partial charge in [0, 0.05) is 17.6 Å². The number of halogens is 1. The summed E-state index contributed by atoms with van der Waals surface area (Å²) in [6.45, 7) is 2.19. The highest BCUT2D eigenvalue weighted by atomic mass is 32.2. The van der Waals surface area contributed by atoms with Crippen LogP contribution in [0.15, 0.2) is 18.2 Å². The van der Waals surface area contributed by atoms with Gasteiger partial charge in [0.2, 0.25) is 0 Å². The van der Waals surface area contributed by atoms with Crippen molar-refractivity contribution in [2.75, 3.05) is 12.3 Å². The maximum Gasteiger partial charge on any atom is 0.150 e. The smallest absolute Gasteiger partial charge is 0.150 e. The first kappa shape index (κ1) is 12.3. The van der Waals surface area contributed by atoms with E-state index < -0.39 is 0 Å². The molecule has 0 amide bonds. The molecule has 1 aromatic carbocycles. The van der Waals surface area contributed by atoms with Crippen molar-refractivity contribution in [2.45, 2.75) is 24.3 Å². The fourth-order valence-electron chi connectivity index (χ4n) is 1.21. The Morgan fingerprint density at radius 2 is 2.27 bits per heavy atom. The van der Waals surface area contributed by atoms with Gasteiger partial charge in [0.15, 0.2) is 0 Å². The molecule has 0 bridgehead atoms. The molecule has 0 aromatic heterocycles. The molecule has 0 saturated heterocycles. The van der Waals surface area contributed by atoms with E-state index in [-0.39, 0.29) is 18.1 Å². The summed E-state index contributed by atoms with van der Waals surface area (Å²) in [5.41, 5.74) is 6.29. The average molecular weight is 229 g/mol. The molecule has 1 rings (SSSR count). The molecule has 3 N–H and O–H groups in total. The Balaban J connectivity index is 2.54. The zero-order chi connectivity index (χ0) is 11.3. The fourth-order valence-corrected chi connectivity index (χ4v) is 2.17. The molecule has 0 spiro atoms. The number of aliphatic hydroxyl groups excluding tert-OH is 1. The van der Waals surface area contributed by atoms with Crippen LogP contribution in [0.25, 0.3) is 0 Å². The highest BCUT2D eigenvalue weighted by molar-refractivity contribution is 7.99. The monoisotopic (exact) mass is 229 g/mol. The number of thioether (sulfide) groups is 1. The van der Waals surface area contributed by atoms with Gasteiger partial charge in [0.1, 0.15) is 5.82 Å². The molecule has 0 aliphatic carbocycles. The van der Waals surface area contributed by atoms with Gasteiger partial charge in [-0.2, -0.15) is 11.8 Å². The van der Waals surface area contributed by atoms with E-state index in [1.807, 2.05) is 6.92 Å². The van der Waals surface area contributed by atoms with Crippen LogP contribution < -0.4 is 5.73 Å². The summed E-state index contributed by atoms with van der Waals surface area (Å²) in [4.78, 5) is 0. The number of anilines is 1. The minimum atomic E-state index is -0.318. The lowest BCUT2D eigenvalue weighted by atomic mass is 10.2. The Kier molecular flexibility index (Phi) is 4.91. The SMILES string of the molecule is CC(CCO)SCc1cccc(N)c1F. The van der Waals surface area contributed by atoms with Crippen LogP contribution in [0.5, 0.6) is 0 Å². The lowest BCUT2D eigenvalue weighted by molar-refractivity contribution is 0.289. The Labute approximate surface area is 93.7 Å². The number of hydrogen-bond acceptors (Lipinski definition) is 3. The van der Waals surface area contributed by atoms with E-state index >= 15 is 0 Å². The number of nitrogen functional groups attached to an aromatic ring is 1. The van der Waals surface area contributed by atoms with E-state index in [9.17, 15) is 4.39 Å². The Morgan fingerprint density at radius 3 is 2.93 bits per heavy atom. The first-order valence-corrected chi connectivity index (χ1v) is 5.95. The van der Waals surface area contributed by atoms with Gasteiger partial charge >= 0.3 is 0 Å². The first-order chi connectivity index (χ1) is 7.15. The predicted octanol–water partition coefficient (Wildman–Crippen LogP) is 2.41. The van der Waals surface area contributed by atoms with E-state index in [1.54, 1.807) is 30.0 Å². The van der Waals surface area contributed by atoms with Crippen LogP contribution in [0, 0.1) is 5.82 Å². The quantitative estimate of drug-likeness (QED) is 0.762. The summed E-state index contributed by atoms with van der Waals surface area (Å²) < 4.78 is 13.5. The lowest BCUT2D eigenvalue weighted by Gasteiger charge is -2.10. The zero-order valence-electron chi connectivity index (χ0n) is 8.74. The van der Waals surface area contributed by atoms with Crippen LogP contribution in [-0.2, 0) is 5.75 Å². The second-order valence-electron chi connectivity index (χ2n) is 3.45. The molecular weight excluding hydrogens is 213 g/mol. The van der Waals surface area contributed by atoms with E-state index in [0.29, 0.717) is 16.6 Å². The Hall–Kier alpha value is -0.740. The third kappa shape index (κ3) is 3.72. The van der Waals surface area contributed by atoms with Crippen LogP contribution in [0.1, 0.15) is 18.9 Å². The second-order valence-corrected chi connectivity index (χ2v) is 4.88. The average Bonchev–Trinajstić information content (AvgIpc) is 2.21. The molecule has 0 radical (unpaired) electrons. The van der Waals surface area contributed by atoms with Gasteiger partial charge in [-0.05, 0) is 18.1 Å². The van der Waals surface area contributed by atoms with Gasteiger partial charge in [-0.25, -0.2) is 4.39 Å². The van der Waals surface area contributed by atoms with Crippen LogP contribution in [-0.4, -0.2) is 17.0 Å². The Morgan fingerprint density at radius 1 is 1.53 bits per heavy atom. The topological polar surface area (TPSA) is 46.2 Å². The molecule has 4 heteroatoms. The van der Waals surface area contributed by atoms with Crippen molar-refractivity contribution in [3.63, 3.8) is 0 Å². The van der Waals surface area contributed by atoms with Crippen molar-refractivity contribution in [3.05, 3.63) is 29.6 Å². The molecule has 0 aliphatic rings.